The molecule has 1 N–H and O–H groups in total. The monoisotopic (exact) mass is 317 g/mol. The Balaban J connectivity index is 1.83. The molecule has 7 heteroatoms. The number of aromatic amines is 1. The number of aromatic nitrogens is 2. The highest BCUT2D eigenvalue weighted by Gasteiger charge is 2.31. The maximum atomic E-state index is 12.2. The van der Waals surface area contributed by atoms with Crippen molar-refractivity contribution in [3.63, 3.8) is 0 Å². The number of pyridine rings is 2. The summed E-state index contributed by atoms with van der Waals surface area (Å²) in [5.41, 5.74) is 0.250. The van der Waals surface area contributed by atoms with Crippen molar-refractivity contribution in [2.24, 2.45) is 5.92 Å². The van der Waals surface area contributed by atoms with Crippen LogP contribution < -0.4 is 10.5 Å². The van der Waals surface area contributed by atoms with Crippen LogP contribution in [0.2, 0.25) is 0 Å². The number of rotatable bonds is 3. The molecule has 1 amide bonds. The van der Waals surface area contributed by atoms with E-state index in [2.05, 4.69) is 9.97 Å². The quantitative estimate of drug-likeness (QED) is 0.929. The fraction of sp³-hybridized carbons (Fsp3) is 0.333. The van der Waals surface area contributed by atoms with Crippen molar-refractivity contribution in [2.75, 3.05) is 17.2 Å². The van der Waals surface area contributed by atoms with Gasteiger partial charge in [-0.2, -0.15) is 0 Å². The molecule has 1 saturated heterocycles. The van der Waals surface area contributed by atoms with Crippen molar-refractivity contribution in [1.29, 1.82) is 0 Å². The van der Waals surface area contributed by atoms with Gasteiger partial charge in [0.15, 0.2) is 5.12 Å². The molecular weight excluding hydrogens is 302 g/mol. The van der Waals surface area contributed by atoms with Gasteiger partial charge in [-0.15, -0.1) is 0 Å². The van der Waals surface area contributed by atoms with Crippen molar-refractivity contribution >= 4 is 39.6 Å². The van der Waals surface area contributed by atoms with Gasteiger partial charge in [0.05, 0.1) is 0 Å². The number of anilines is 1. The van der Waals surface area contributed by atoms with E-state index in [0.717, 1.165) is 5.39 Å². The third-order valence-electron chi connectivity index (χ3n) is 3.57. The molecule has 0 bridgehead atoms. The average molecular weight is 317 g/mol. The van der Waals surface area contributed by atoms with E-state index >= 15 is 0 Å². The highest BCUT2D eigenvalue weighted by molar-refractivity contribution is 8.13. The highest BCUT2D eigenvalue weighted by Crippen LogP contribution is 2.27. The number of carbonyl (C=O) groups excluding carboxylic acids is 2. The number of hydrogen-bond acceptors (Lipinski definition) is 5. The van der Waals surface area contributed by atoms with Gasteiger partial charge in [0.25, 0.3) is 0 Å². The Kier molecular flexibility index (Phi) is 3.98. The largest absolute Gasteiger partial charge is 0.307 e. The van der Waals surface area contributed by atoms with Crippen LogP contribution in [0.25, 0.3) is 11.0 Å². The van der Waals surface area contributed by atoms with Crippen LogP contribution in [0.1, 0.15) is 13.3 Å². The number of nitrogens with zero attached hydrogens (tertiary/aromatic N) is 2. The van der Waals surface area contributed by atoms with Crippen LogP contribution in [0.3, 0.4) is 0 Å². The summed E-state index contributed by atoms with van der Waals surface area (Å²) in [6, 6.07) is 6.75. The molecular formula is C15H15N3O3S. The highest BCUT2D eigenvalue weighted by atomic mass is 32.2. The SMILES string of the molecule is CC(=O)SCC1CC(=O)N(c2ccc3ccc(=O)[nH]c3n2)C1. The predicted octanol–water partition coefficient (Wildman–Crippen LogP) is 1.56. The van der Waals surface area contributed by atoms with E-state index in [1.165, 1.54) is 24.8 Å². The third kappa shape index (κ3) is 3.04. The fourth-order valence-corrected chi connectivity index (χ4v) is 3.21. The summed E-state index contributed by atoms with van der Waals surface area (Å²) in [6.07, 6.45) is 0.422. The Morgan fingerprint density at radius 3 is 2.91 bits per heavy atom. The van der Waals surface area contributed by atoms with Gasteiger partial charge in [-0.25, -0.2) is 4.98 Å². The van der Waals surface area contributed by atoms with E-state index < -0.39 is 0 Å². The first-order chi connectivity index (χ1) is 10.5. The molecule has 1 aliphatic rings. The molecule has 0 spiro atoms. The topological polar surface area (TPSA) is 83.1 Å². The minimum atomic E-state index is -0.222. The van der Waals surface area contributed by atoms with Crippen LogP contribution in [-0.4, -0.2) is 33.3 Å². The fourth-order valence-electron chi connectivity index (χ4n) is 2.52. The number of thioether (sulfide) groups is 1. The zero-order valence-corrected chi connectivity index (χ0v) is 12.9. The van der Waals surface area contributed by atoms with Gasteiger partial charge < -0.3 is 4.98 Å². The summed E-state index contributed by atoms with van der Waals surface area (Å²) in [6.45, 7) is 2.08. The molecule has 6 nitrogen and oxygen atoms in total. The summed E-state index contributed by atoms with van der Waals surface area (Å²) in [4.78, 5) is 43.2. The molecule has 22 heavy (non-hydrogen) atoms. The van der Waals surface area contributed by atoms with Crippen molar-refractivity contribution in [1.82, 2.24) is 9.97 Å². The summed E-state index contributed by atoms with van der Waals surface area (Å²) in [5.74, 6) is 1.32. The summed E-state index contributed by atoms with van der Waals surface area (Å²) < 4.78 is 0. The lowest BCUT2D eigenvalue weighted by molar-refractivity contribution is -0.117. The van der Waals surface area contributed by atoms with Crippen LogP contribution in [0.4, 0.5) is 5.82 Å². The molecule has 2 aromatic heterocycles. The van der Waals surface area contributed by atoms with Crippen LogP contribution in [-0.2, 0) is 9.59 Å². The Bertz CT molecular complexity index is 802. The lowest BCUT2D eigenvalue weighted by Crippen LogP contribution is -2.26. The molecule has 1 atom stereocenters. The van der Waals surface area contributed by atoms with Gasteiger partial charge in [0, 0.05) is 37.1 Å². The van der Waals surface area contributed by atoms with Gasteiger partial charge >= 0.3 is 0 Å². The summed E-state index contributed by atoms with van der Waals surface area (Å²) in [5, 5.41) is 0.881. The van der Waals surface area contributed by atoms with E-state index in [1.54, 1.807) is 17.0 Å². The van der Waals surface area contributed by atoms with Crippen molar-refractivity contribution in [2.45, 2.75) is 13.3 Å². The van der Waals surface area contributed by atoms with E-state index in [9.17, 15) is 14.4 Å². The second-order valence-corrected chi connectivity index (χ2v) is 6.50. The maximum absolute atomic E-state index is 12.2. The van der Waals surface area contributed by atoms with E-state index in [1.807, 2.05) is 6.07 Å². The number of hydrogen-bond donors (Lipinski definition) is 1. The number of amides is 1. The Morgan fingerprint density at radius 2 is 2.14 bits per heavy atom. The van der Waals surface area contributed by atoms with Crippen molar-refractivity contribution in [3.8, 4) is 0 Å². The molecule has 3 heterocycles. The molecule has 0 saturated carbocycles. The molecule has 1 fully saturated rings. The van der Waals surface area contributed by atoms with Gasteiger partial charge in [-0.3, -0.25) is 19.3 Å². The molecule has 3 rings (SSSR count). The van der Waals surface area contributed by atoms with E-state index in [-0.39, 0.29) is 22.5 Å². The number of carbonyl (C=O) groups is 2. The number of nitrogens with one attached hydrogen (secondary N) is 1. The zero-order valence-electron chi connectivity index (χ0n) is 12.0. The standard InChI is InChI=1S/C15H15N3O3S/c1-9(19)22-8-10-6-14(21)18(7-10)12-4-2-11-3-5-13(20)17-15(11)16-12/h2-5,10H,6-8H2,1H3,(H,16,17,20). The van der Waals surface area contributed by atoms with Crippen LogP contribution >= 0.6 is 11.8 Å². The first-order valence-electron chi connectivity index (χ1n) is 6.97. The molecule has 1 aliphatic heterocycles. The summed E-state index contributed by atoms with van der Waals surface area (Å²) >= 11 is 1.25. The molecule has 1 unspecified atom stereocenters. The average Bonchev–Trinajstić information content (AvgIpc) is 2.85. The van der Waals surface area contributed by atoms with Crippen molar-refractivity contribution in [3.05, 3.63) is 34.6 Å². The predicted molar refractivity (Wildman–Crippen MR) is 86.0 cm³/mol. The lowest BCUT2D eigenvalue weighted by Gasteiger charge is -2.15. The summed E-state index contributed by atoms with van der Waals surface area (Å²) in [7, 11) is 0. The van der Waals surface area contributed by atoms with Crippen LogP contribution in [0.5, 0.6) is 0 Å². The minimum Gasteiger partial charge on any atom is -0.307 e. The second kappa shape index (κ2) is 5.92. The molecule has 2 aromatic rings. The Morgan fingerprint density at radius 1 is 1.36 bits per heavy atom. The number of H-pyrrole nitrogens is 1. The smallest absolute Gasteiger partial charge is 0.249 e. The second-order valence-electron chi connectivity index (χ2n) is 5.31. The van der Waals surface area contributed by atoms with Crippen molar-refractivity contribution < 1.29 is 9.59 Å². The normalized spacial score (nSPS) is 18.1. The van der Waals surface area contributed by atoms with Crippen LogP contribution in [0.15, 0.2) is 29.1 Å². The molecule has 0 aliphatic carbocycles. The van der Waals surface area contributed by atoms with Gasteiger partial charge in [0.1, 0.15) is 11.5 Å². The van der Waals surface area contributed by atoms with Gasteiger partial charge in [-0.05, 0) is 24.1 Å². The Hall–Kier alpha value is -2.15. The van der Waals surface area contributed by atoms with Gasteiger partial charge in [0.2, 0.25) is 11.5 Å². The molecule has 0 radical (unpaired) electrons. The number of fused-ring (bicyclic) bond motifs is 1. The molecule has 0 aromatic carbocycles. The van der Waals surface area contributed by atoms with E-state index in [0.29, 0.717) is 30.2 Å². The third-order valence-corrected chi connectivity index (χ3v) is 4.62. The van der Waals surface area contributed by atoms with Gasteiger partial charge in [-0.1, -0.05) is 11.8 Å². The lowest BCUT2D eigenvalue weighted by atomic mass is 10.1. The Labute approximate surface area is 130 Å². The molecule has 114 valence electrons. The van der Waals surface area contributed by atoms with Crippen LogP contribution in [0, 0.1) is 5.92 Å². The zero-order chi connectivity index (χ0) is 15.7. The first kappa shape index (κ1) is 14.8. The minimum absolute atomic E-state index is 0.000667. The maximum Gasteiger partial charge on any atom is 0.249 e. The van der Waals surface area contributed by atoms with E-state index in [4.69, 9.17) is 0 Å². The first-order valence-corrected chi connectivity index (χ1v) is 7.95.